The van der Waals surface area contributed by atoms with E-state index < -0.39 is 0 Å². The lowest BCUT2D eigenvalue weighted by Gasteiger charge is -2.22. The summed E-state index contributed by atoms with van der Waals surface area (Å²) in [6.45, 7) is 1.57. The van der Waals surface area contributed by atoms with Gasteiger partial charge < -0.3 is 10.6 Å². The van der Waals surface area contributed by atoms with Gasteiger partial charge in [-0.25, -0.2) is 0 Å². The van der Waals surface area contributed by atoms with Crippen molar-refractivity contribution in [3.63, 3.8) is 0 Å². The molecule has 1 atom stereocenters. The van der Waals surface area contributed by atoms with Crippen molar-refractivity contribution in [1.29, 1.82) is 0 Å². The van der Waals surface area contributed by atoms with Crippen LogP contribution < -0.4 is 10.6 Å². The van der Waals surface area contributed by atoms with Gasteiger partial charge in [0.05, 0.1) is 10.0 Å². The van der Waals surface area contributed by atoms with E-state index in [0.717, 1.165) is 23.6 Å². The van der Waals surface area contributed by atoms with Gasteiger partial charge in [0.2, 0.25) is 5.91 Å². The lowest BCUT2D eigenvalue weighted by Crippen LogP contribution is -2.41. The number of carbonyl (C=O) groups excluding carboxylic acids is 1. The van der Waals surface area contributed by atoms with Gasteiger partial charge in [-0.3, -0.25) is 4.79 Å². The van der Waals surface area contributed by atoms with Gasteiger partial charge in [0.1, 0.15) is 0 Å². The average Bonchev–Trinajstić information content (AvgIpc) is 2.44. The van der Waals surface area contributed by atoms with Gasteiger partial charge in [-0.15, -0.1) is 0 Å². The minimum Gasteiger partial charge on any atom is -0.356 e. The van der Waals surface area contributed by atoms with Crippen LogP contribution in [0.25, 0.3) is 0 Å². The highest BCUT2D eigenvalue weighted by Crippen LogP contribution is 2.25. The van der Waals surface area contributed by atoms with Crippen LogP contribution in [0, 0.1) is 0 Å². The SMILES string of the molecule is O=C(CC1CSCCN1)NCCc1cccc(Cl)c1Cl. The molecular weight excluding hydrogens is 315 g/mol. The van der Waals surface area contributed by atoms with Crippen LogP contribution in [0.4, 0.5) is 0 Å². The van der Waals surface area contributed by atoms with Crippen molar-refractivity contribution in [3.8, 4) is 0 Å². The van der Waals surface area contributed by atoms with Crippen molar-refractivity contribution in [3.05, 3.63) is 33.8 Å². The van der Waals surface area contributed by atoms with Gasteiger partial charge in [0, 0.05) is 37.1 Å². The minimum absolute atomic E-state index is 0.0863. The second-order valence-corrected chi connectivity index (χ2v) is 6.68. The van der Waals surface area contributed by atoms with E-state index in [9.17, 15) is 4.79 Å². The van der Waals surface area contributed by atoms with E-state index in [1.54, 1.807) is 6.07 Å². The van der Waals surface area contributed by atoms with Gasteiger partial charge in [0.15, 0.2) is 0 Å². The summed E-state index contributed by atoms with van der Waals surface area (Å²) in [4.78, 5) is 11.8. The van der Waals surface area contributed by atoms with Crippen LogP contribution in [0.5, 0.6) is 0 Å². The van der Waals surface area contributed by atoms with Crippen molar-refractivity contribution in [1.82, 2.24) is 10.6 Å². The van der Waals surface area contributed by atoms with Gasteiger partial charge in [-0.05, 0) is 18.1 Å². The first-order valence-corrected chi connectivity index (χ1v) is 8.58. The summed E-state index contributed by atoms with van der Waals surface area (Å²) >= 11 is 14.0. The van der Waals surface area contributed by atoms with Crippen molar-refractivity contribution in [2.24, 2.45) is 0 Å². The Kier molecular flexibility index (Phi) is 6.49. The van der Waals surface area contributed by atoms with Gasteiger partial charge in [0.25, 0.3) is 0 Å². The molecule has 1 amide bonds. The molecule has 1 unspecified atom stereocenters. The van der Waals surface area contributed by atoms with Crippen LogP contribution in [-0.2, 0) is 11.2 Å². The molecule has 0 saturated carbocycles. The Balaban J connectivity index is 1.72. The molecule has 1 aromatic rings. The lowest BCUT2D eigenvalue weighted by atomic mass is 10.1. The normalized spacial score (nSPS) is 18.8. The van der Waals surface area contributed by atoms with E-state index in [0.29, 0.717) is 35.5 Å². The monoisotopic (exact) mass is 332 g/mol. The molecule has 20 heavy (non-hydrogen) atoms. The molecule has 2 rings (SSSR count). The first-order chi connectivity index (χ1) is 9.66. The highest BCUT2D eigenvalue weighted by atomic mass is 35.5. The lowest BCUT2D eigenvalue weighted by molar-refractivity contribution is -0.121. The van der Waals surface area contributed by atoms with E-state index in [2.05, 4.69) is 10.6 Å². The molecule has 0 aliphatic carbocycles. The highest BCUT2D eigenvalue weighted by molar-refractivity contribution is 7.99. The van der Waals surface area contributed by atoms with Gasteiger partial charge >= 0.3 is 0 Å². The number of hydrogen-bond acceptors (Lipinski definition) is 3. The maximum atomic E-state index is 11.8. The Hall–Kier alpha value is -0.420. The van der Waals surface area contributed by atoms with E-state index in [1.807, 2.05) is 23.9 Å². The number of nitrogens with one attached hydrogen (secondary N) is 2. The van der Waals surface area contributed by atoms with Crippen LogP contribution in [0.15, 0.2) is 18.2 Å². The quantitative estimate of drug-likeness (QED) is 0.871. The number of benzene rings is 1. The Bertz CT molecular complexity index is 464. The van der Waals surface area contributed by atoms with Crippen LogP contribution in [0.1, 0.15) is 12.0 Å². The molecule has 1 saturated heterocycles. The summed E-state index contributed by atoms with van der Waals surface area (Å²) in [5.74, 6) is 2.22. The average molecular weight is 333 g/mol. The first-order valence-electron chi connectivity index (χ1n) is 6.67. The van der Waals surface area contributed by atoms with Crippen LogP contribution in [0.3, 0.4) is 0 Å². The summed E-state index contributed by atoms with van der Waals surface area (Å²) < 4.78 is 0. The molecule has 1 fully saturated rings. The molecule has 1 aromatic carbocycles. The van der Waals surface area contributed by atoms with E-state index >= 15 is 0 Å². The third kappa shape index (κ3) is 4.85. The predicted octanol–water partition coefficient (Wildman–Crippen LogP) is 2.75. The summed E-state index contributed by atoms with van der Waals surface area (Å²) in [6, 6.07) is 5.86. The standard InChI is InChI=1S/C14H18Cl2N2OS/c15-12-3-1-2-10(14(12)16)4-5-18-13(19)8-11-9-20-7-6-17-11/h1-3,11,17H,4-9H2,(H,18,19). The van der Waals surface area contributed by atoms with Crippen molar-refractivity contribution < 1.29 is 4.79 Å². The number of amides is 1. The molecule has 2 N–H and O–H groups in total. The van der Waals surface area contributed by atoms with Crippen molar-refractivity contribution >= 4 is 40.9 Å². The maximum absolute atomic E-state index is 11.8. The largest absolute Gasteiger partial charge is 0.356 e. The van der Waals surface area contributed by atoms with Gasteiger partial charge in [-0.1, -0.05) is 35.3 Å². The van der Waals surface area contributed by atoms with Crippen LogP contribution in [0.2, 0.25) is 10.0 Å². The molecule has 0 spiro atoms. The zero-order valence-electron chi connectivity index (χ0n) is 11.1. The number of thioether (sulfide) groups is 1. The predicted molar refractivity (Wildman–Crippen MR) is 86.9 cm³/mol. The Morgan fingerprint density at radius 2 is 2.30 bits per heavy atom. The second kappa shape index (κ2) is 8.13. The molecule has 0 aromatic heterocycles. The Labute approximate surface area is 133 Å². The summed E-state index contributed by atoms with van der Waals surface area (Å²) in [7, 11) is 0. The van der Waals surface area contributed by atoms with Crippen LogP contribution in [-0.4, -0.2) is 36.5 Å². The molecule has 110 valence electrons. The molecule has 1 aliphatic heterocycles. The molecule has 3 nitrogen and oxygen atoms in total. The fourth-order valence-corrected chi connectivity index (χ4v) is 3.49. The Morgan fingerprint density at radius 1 is 1.45 bits per heavy atom. The summed E-state index contributed by atoms with van der Waals surface area (Å²) in [5, 5.41) is 7.42. The number of carbonyl (C=O) groups is 1. The summed E-state index contributed by atoms with van der Waals surface area (Å²) in [6.07, 6.45) is 1.23. The molecule has 1 heterocycles. The summed E-state index contributed by atoms with van der Waals surface area (Å²) in [5.41, 5.74) is 0.964. The number of hydrogen-bond donors (Lipinski definition) is 2. The minimum atomic E-state index is 0.0863. The fraction of sp³-hybridized carbons (Fsp3) is 0.500. The van der Waals surface area contributed by atoms with E-state index in [-0.39, 0.29) is 5.91 Å². The van der Waals surface area contributed by atoms with Gasteiger partial charge in [-0.2, -0.15) is 11.8 Å². The maximum Gasteiger partial charge on any atom is 0.221 e. The zero-order valence-corrected chi connectivity index (χ0v) is 13.5. The molecule has 1 aliphatic rings. The highest BCUT2D eigenvalue weighted by Gasteiger charge is 2.16. The molecular formula is C14H18Cl2N2OS. The number of rotatable bonds is 5. The molecule has 0 radical (unpaired) electrons. The topological polar surface area (TPSA) is 41.1 Å². The van der Waals surface area contributed by atoms with Crippen LogP contribution >= 0.6 is 35.0 Å². The molecule has 6 heteroatoms. The van der Waals surface area contributed by atoms with E-state index in [1.165, 1.54) is 0 Å². The fourth-order valence-electron chi connectivity index (χ4n) is 2.12. The van der Waals surface area contributed by atoms with E-state index in [4.69, 9.17) is 23.2 Å². The second-order valence-electron chi connectivity index (χ2n) is 4.74. The third-order valence-electron chi connectivity index (χ3n) is 3.18. The first kappa shape index (κ1) is 16.0. The Morgan fingerprint density at radius 3 is 3.05 bits per heavy atom. The van der Waals surface area contributed by atoms with Crippen molar-refractivity contribution in [2.45, 2.75) is 18.9 Å². The smallest absolute Gasteiger partial charge is 0.221 e. The third-order valence-corrected chi connectivity index (χ3v) is 5.17. The number of halogens is 2. The zero-order chi connectivity index (χ0) is 14.4. The van der Waals surface area contributed by atoms with Crippen molar-refractivity contribution in [2.75, 3.05) is 24.6 Å². The molecule has 0 bridgehead atoms.